The summed E-state index contributed by atoms with van der Waals surface area (Å²) < 4.78 is 13.5. The zero-order chi connectivity index (χ0) is 11.4. The number of aliphatic hydroxyl groups excluding tert-OH is 1. The van der Waals surface area contributed by atoms with Crippen molar-refractivity contribution in [2.75, 3.05) is 0 Å². The normalized spacial score (nSPS) is 15.0. The third-order valence-corrected chi connectivity index (χ3v) is 2.51. The maximum atomic E-state index is 13.5. The Labute approximate surface area is 89.9 Å². The van der Waals surface area contributed by atoms with Gasteiger partial charge in [0.25, 0.3) is 0 Å². The second kappa shape index (κ2) is 5.24. The molecule has 15 heavy (non-hydrogen) atoms. The number of halogens is 1. The highest BCUT2D eigenvalue weighted by Crippen LogP contribution is 2.21. The van der Waals surface area contributed by atoms with E-state index in [1.54, 1.807) is 12.1 Å². The van der Waals surface area contributed by atoms with Crippen LogP contribution in [-0.2, 0) is 0 Å². The molecule has 0 spiro atoms. The van der Waals surface area contributed by atoms with E-state index in [-0.39, 0.29) is 5.82 Å². The fourth-order valence-corrected chi connectivity index (χ4v) is 1.59. The summed E-state index contributed by atoms with van der Waals surface area (Å²) >= 11 is 0. The van der Waals surface area contributed by atoms with Crippen LogP contribution < -0.4 is 5.73 Å². The van der Waals surface area contributed by atoms with Gasteiger partial charge in [-0.05, 0) is 25.0 Å². The fourth-order valence-electron chi connectivity index (χ4n) is 1.59. The van der Waals surface area contributed by atoms with E-state index in [9.17, 15) is 9.50 Å². The van der Waals surface area contributed by atoms with Gasteiger partial charge in [-0.25, -0.2) is 4.39 Å². The lowest BCUT2D eigenvalue weighted by atomic mass is 9.98. The summed E-state index contributed by atoms with van der Waals surface area (Å²) in [6, 6.07) is 4.25. The summed E-state index contributed by atoms with van der Waals surface area (Å²) in [4.78, 5) is 0. The second-order valence-corrected chi connectivity index (χ2v) is 3.91. The summed E-state index contributed by atoms with van der Waals surface area (Å²) in [5, 5.41) is 9.67. The number of aryl methyl sites for hydroxylation is 1. The first-order chi connectivity index (χ1) is 7.06. The predicted molar refractivity (Wildman–Crippen MR) is 59.0 cm³/mol. The van der Waals surface area contributed by atoms with Gasteiger partial charge in [0, 0.05) is 5.56 Å². The highest BCUT2D eigenvalue weighted by Gasteiger charge is 2.18. The molecule has 2 nitrogen and oxygen atoms in total. The van der Waals surface area contributed by atoms with Crippen LogP contribution in [0, 0.1) is 12.7 Å². The molecule has 0 aliphatic carbocycles. The second-order valence-electron chi connectivity index (χ2n) is 3.91. The van der Waals surface area contributed by atoms with Crippen LogP contribution in [0.25, 0.3) is 0 Å². The Morgan fingerprint density at radius 3 is 2.67 bits per heavy atom. The van der Waals surface area contributed by atoms with Crippen molar-refractivity contribution in [1.29, 1.82) is 0 Å². The standard InChI is InChI=1S/C12H18FNO/c1-3-4-11(15)12(14)9-6-5-8(2)7-10(9)13/h5-7,11-12,15H,3-4,14H2,1-2H3/t11-,12+/m0/s1. The van der Waals surface area contributed by atoms with Gasteiger partial charge in [-0.15, -0.1) is 0 Å². The molecule has 0 radical (unpaired) electrons. The molecule has 0 unspecified atom stereocenters. The van der Waals surface area contributed by atoms with Gasteiger partial charge in [0.2, 0.25) is 0 Å². The lowest BCUT2D eigenvalue weighted by Crippen LogP contribution is -2.26. The smallest absolute Gasteiger partial charge is 0.128 e. The molecule has 0 aliphatic heterocycles. The zero-order valence-electron chi connectivity index (χ0n) is 9.20. The molecule has 1 aromatic carbocycles. The van der Waals surface area contributed by atoms with Crippen LogP contribution in [0.1, 0.15) is 36.9 Å². The highest BCUT2D eigenvalue weighted by atomic mass is 19.1. The Kier molecular flexibility index (Phi) is 4.24. The lowest BCUT2D eigenvalue weighted by molar-refractivity contribution is 0.133. The van der Waals surface area contributed by atoms with Crippen LogP contribution >= 0.6 is 0 Å². The van der Waals surface area contributed by atoms with Gasteiger partial charge in [0.1, 0.15) is 5.82 Å². The van der Waals surface area contributed by atoms with E-state index in [0.717, 1.165) is 12.0 Å². The molecule has 0 saturated heterocycles. The molecule has 1 rings (SSSR count). The van der Waals surface area contributed by atoms with Crippen molar-refractivity contribution in [1.82, 2.24) is 0 Å². The fraction of sp³-hybridized carbons (Fsp3) is 0.500. The van der Waals surface area contributed by atoms with Gasteiger partial charge in [-0.1, -0.05) is 25.5 Å². The number of aliphatic hydroxyl groups is 1. The Hall–Kier alpha value is -0.930. The first-order valence-corrected chi connectivity index (χ1v) is 5.26. The Bertz CT molecular complexity index is 327. The van der Waals surface area contributed by atoms with E-state index in [1.165, 1.54) is 6.07 Å². The van der Waals surface area contributed by atoms with Crippen molar-refractivity contribution in [3.8, 4) is 0 Å². The van der Waals surface area contributed by atoms with E-state index < -0.39 is 12.1 Å². The molecule has 0 bridgehead atoms. The Morgan fingerprint density at radius 1 is 1.47 bits per heavy atom. The summed E-state index contributed by atoms with van der Waals surface area (Å²) in [5.41, 5.74) is 7.03. The van der Waals surface area contributed by atoms with Crippen molar-refractivity contribution in [2.24, 2.45) is 5.73 Å². The van der Waals surface area contributed by atoms with Crippen molar-refractivity contribution in [3.05, 3.63) is 35.1 Å². The number of benzene rings is 1. The van der Waals surface area contributed by atoms with Gasteiger partial charge in [-0.3, -0.25) is 0 Å². The van der Waals surface area contributed by atoms with Crippen LogP contribution in [0.5, 0.6) is 0 Å². The maximum Gasteiger partial charge on any atom is 0.128 e. The summed E-state index contributed by atoms with van der Waals surface area (Å²) in [5.74, 6) is -0.336. The average Bonchev–Trinajstić information content (AvgIpc) is 2.17. The molecule has 0 heterocycles. The molecule has 0 fully saturated rings. The van der Waals surface area contributed by atoms with Crippen molar-refractivity contribution in [2.45, 2.75) is 38.8 Å². The Morgan fingerprint density at radius 2 is 2.13 bits per heavy atom. The maximum absolute atomic E-state index is 13.5. The number of hydrogen-bond donors (Lipinski definition) is 2. The first-order valence-electron chi connectivity index (χ1n) is 5.26. The first kappa shape index (κ1) is 12.1. The molecule has 2 atom stereocenters. The van der Waals surface area contributed by atoms with E-state index in [0.29, 0.717) is 12.0 Å². The molecular formula is C12H18FNO. The third-order valence-electron chi connectivity index (χ3n) is 2.51. The van der Waals surface area contributed by atoms with Gasteiger partial charge in [0.15, 0.2) is 0 Å². The van der Waals surface area contributed by atoms with E-state index in [4.69, 9.17) is 5.73 Å². The molecule has 3 heteroatoms. The minimum Gasteiger partial charge on any atom is -0.391 e. The molecule has 1 aromatic rings. The van der Waals surface area contributed by atoms with E-state index in [2.05, 4.69) is 0 Å². The van der Waals surface area contributed by atoms with Crippen LogP contribution in [0.3, 0.4) is 0 Å². The van der Waals surface area contributed by atoms with Crippen LogP contribution in [-0.4, -0.2) is 11.2 Å². The zero-order valence-corrected chi connectivity index (χ0v) is 9.20. The SMILES string of the molecule is CCC[C@H](O)[C@H](N)c1ccc(C)cc1F. The molecule has 3 N–H and O–H groups in total. The third kappa shape index (κ3) is 3.01. The quantitative estimate of drug-likeness (QED) is 0.802. The predicted octanol–water partition coefficient (Wildman–Crippen LogP) is 2.29. The average molecular weight is 211 g/mol. The largest absolute Gasteiger partial charge is 0.391 e. The minimum atomic E-state index is -0.674. The number of rotatable bonds is 4. The monoisotopic (exact) mass is 211 g/mol. The topological polar surface area (TPSA) is 46.2 Å². The highest BCUT2D eigenvalue weighted by molar-refractivity contribution is 5.26. The van der Waals surface area contributed by atoms with Crippen molar-refractivity contribution < 1.29 is 9.50 Å². The number of hydrogen-bond acceptors (Lipinski definition) is 2. The van der Waals surface area contributed by atoms with Gasteiger partial charge in [-0.2, -0.15) is 0 Å². The number of nitrogens with two attached hydrogens (primary N) is 1. The summed E-state index contributed by atoms with van der Waals surface area (Å²) in [6.45, 7) is 3.78. The van der Waals surface area contributed by atoms with E-state index >= 15 is 0 Å². The van der Waals surface area contributed by atoms with Gasteiger partial charge in [0.05, 0.1) is 12.1 Å². The minimum absolute atomic E-state index is 0.336. The van der Waals surface area contributed by atoms with Crippen LogP contribution in [0.15, 0.2) is 18.2 Å². The van der Waals surface area contributed by atoms with Gasteiger partial charge < -0.3 is 10.8 Å². The van der Waals surface area contributed by atoms with E-state index in [1.807, 2.05) is 13.8 Å². The molecule has 0 aromatic heterocycles. The Balaban J connectivity index is 2.86. The molecule has 0 saturated carbocycles. The molecule has 0 aliphatic rings. The lowest BCUT2D eigenvalue weighted by Gasteiger charge is -2.19. The van der Waals surface area contributed by atoms with Crippen LogP contribution in [0.2, 0.25) is 0 Å². The summed E-state index contributed by atoms with van der Waals surface area (Å²) in [6.07, 6.45) is 0.754. The van der Waals surface area contributed by atoms with Crippen molar-refractivity contribution >= 4 is 0 Å². The molecular weight excluding hydrogens is 193 g/mol. The van der Waals surface area contributed by atoms with Crippen LogP contribution in [0.4, 0.5) is 4.39 Å². The summed E-state index contributed by atoms with van der Waals surface area (Å²) in [7, 11) is 0. The van der Waals surface area contributed by atoms with Crippen molar-refractivity contribution in [3.63, 3.8) is 0 Å². The molecule has 84 valence electrons. The van der Waals surface area contributed by atoms with Gasteiger partial charge >= 0.3 is 0 Å². The molecule has 0 amide bonds.